The van der Waals surface area contributed by atoms with Crippen molar-refractivity contribution in [1.82, 2.24) is 14.9 Å². The lowest BCUT2D eigenvalue weighted by atomic mass is 10.2. The molecule has 31 heavy (non-hydrogen) atoms. The first kappa shape index (κ1) is 20.9. The van der Waals surface area contributed by atoms with E-state index in [9.17, 15) is 9.59 Å². The average Bonchev–Trinajstić information content (AvgIpc) is 3.30. The third kappa shape index (κ3) is 5.03. The highest BCUT2D eigenvalue weighted by Crippen LogP contribution is 2.26. The number of carbonyl (C=O) groups excluding carboxylic acids is 1. The van der Waals surface area contributed by atoms with Gasteiger partial charge in [0.25, 0.3) is 11.5 Å². The van der Waals surface area contributed by atoms with Crippen molar-refractivity contribution in [3.8, 4) is 11.5 Å². The Morgan fingerprint density at radius 1 is 1.19 bits per heavy atom. The van der Waals surface area contributed by atoms with Crippen LogP contribution in [0.25, 0.3) is 10.9 Å². The van der Waals surface area contributed by atoms with Gasteiger partial charge >= 0.3 is 0 Å². The molecule has 162 valence electrons. The van der Waals surface area contributed by atoms with Gasteiger partial charge in [0.05, 0.1) is 30.7 Å². The molecule has 0 radical (unpaired) electrons. The summed E-state index contributed by atoms with van der Waals surface area (Å²) in [5.74, 6) is 1.25. The van der Waals surface area contributed by atoms with Crippen LogP contribution in [0, 0.1) is 0 Å². The highest BCUT2D eigenvalue weighted by atomic mass is 16.5. The van der Waals surface area contributed by atoms with Crippen LogP contribution in [0.15, 0.2) is 53.3 Å². The minimum atomic E-state index is -0.226. The number of aromatic amines is 1. The monoisotopic (exact) mass is 423 g/mol. The Labute approximate surface area is 179 Å². The Bertz CT molecular complexity index is 1110. The van der Waals surface area contributed by atoms with E-state index in [2.05, 4.69) is 9.97 Å². The Morgan fingerprint density at radius 2 is 1.97 bits per heavy atom. The summed E-state index contributed by atoms with van der Waals surface area (Å²) in [6, 6.07) is 14.3. The largest absolute Gasteiger partial charge is 0.493 e. The maximum Gasteiger partial charge on any atom is 0.261 e. The number of rotatable bonds is 8. The Morgan fingerprint density at radius 3 is 2.74 bits per heavy atom. The van der Waals surface area contributed by atoms with Crippen LogP contribution in [0.5, 0.6) is 11.5 Å². The fraction of sp³-hybridized carbons (Fsp3) is 0.348. The van der Waals surface area contributed by atoms with Gasteiger partial charge in [-0.05, 0) is 37.1 Å². The van der Waals surface area contributed by atoms with Crippen LogP contribution >= 0.6 is 0 Å². The van der Waals surface area contributed by atoms with E-state index < -0.39 is 0 Å². The second-order valence-electron chi connectivity index (χ2n) is 7.38. The number of methoxy groups -OCH3 is 1. The third-order valence-corrected chi connectivity index (χ3v) is 5.22. The first-order chi connectivity index (χ1) is 15.1. The molecule has 2 heterocycles. The maximum absolute atomic E-state index is 13.0. The lowest BCUT2D eigenvalue weighted by molar-refractivity contribution is -0.135. The van der Waals surface area contributed by atoms with Crippen molar-refractivity contribution in [1.29, 1.82) is 0 Å². The van der Waals surface area contributed by atoms with Crippen LogP contribution in [0.2, 0.25) is 0 Å². The van der Waals surface area contributed by atoms with Gasteiger partial charge in [-0.2, -0.15) is 0 Å². The molecule has 1 amide bonds. The van der Waals surface area contributed by atoms with E-state index in [4.69, 9.17) is 14.2 Å². The van der Waals surface area contributed by atoms with Gasteiger partial charge in [-0.1, -0.05) is 24.3 Å². The molecule has 1 saturated heterocycles. The molecule has 8 heteroatoms. The molecular formula is C23H25N3O5. The van der Waals surface area contributed by atoms with Gasteiger partial charge in [0.1, 0.15) is 5.82 Å². The van der Waals surface area contributed by atoms with Gasteiger partial charge in [0.15, 0.2) is 18.1 Å². The molecule has 0 bridgehead atoms. The second kappa shape index (κ2) is 9.61. The van der Waals surface area contributed by atoms with E-state index in [1.807, 2.05) is 18.2 Å². The molecule has 0 saturated carbocycles. The molecular weight excluding hydrogens is 398 g/mol. The van der Waals surface area contributed by atoms with Crippen molar-refractivity contribution in [2.45, 2.75) is 25.5 Å². The number of benzene rings is 2. The molecule has 1 aliphatic rings. The molecule has 1 fully saturated rings. The smallest absolute Gasteiger partial charge is 0.261 e. The summed E-state index contributed by atoms with van der Waals surface area (Å²) >= 11 is 0. The number of nitrogens with zero attached hydrogens (tertiary/aromatic N) is 2. The van der Waals surface area contributed by atoms with Gasteiger partial charge in [-0.15, -0.1) is 0 Å². The molecule has 1 N–H and O–H groups in total. The number of H-pyrrole nitrogens is 1. The lowest BCUT2D eigenvalue weighted by Gasteiger charge is -2.25. The summed E-state index contributed by atoms with van der Waals surface area (Å²) in [5, 5.41) is 0.516. The Kier molecular flexibility index (Phi) is 6.47. The van der Waals surface area contributed by atoms with Crippen LogP contribution in [-0.2, 0) is 16.1 Å². The highest BCUT2D eigenvalue weighted by molar-refractivity contribution is 5.78. The number of fused-ring (bicyclic) bond motifs is 1. The zero-order valence-corrected chi connectivity index (χ0v) is 17.4. The second-order valence-corrected chi connectivity index (χ2v) is 7.38. The molecule has 3 aromatic rings. The summed E-state index contributed by atoms with van der Waals surface area (Å²) in [6.45, 7) is 1.10. The van der Waals surface area contributed by atoms with Crippen LogP contribution in [0.4, 0.5) is 0 Å². The predicted molar refractivity (Wildman–Crippen MR) is 115 cm³/mol. The number of hydrogen-bond acceptors (Lipinski definition) is 6. The Balaban J connectivity index is 1.52. The van der Waals surface area contributed by atoms with Crippen LogP contribution in [-0.4, -0.2) is 53.7 Å². The van der Waals surface area contributed by atoms with E-state index in [1.165, 1.54) is 0 Å². The van der Waals surface area contributed by atoms with Crippen molar-refractivity contribution in [2.75, 3.05) is 26.9 Å². The van der Waals surface area contributed by atoms with Gasteiger partial charge in [-0.3, -0.25) is 9.59 Å². The van der Waals surface area contributed by atoms with Gasteiger partial charge in [-0.25, -0.2) is 4.98 Å². The quantitative estimate of drug-likeness (QED) is 0.598. The van der Waals surface area contributed by atoms with Crippen molar-refractivity contribution >= 4 is 16.8 Å². The van der Waals surface area contributed by atoms with Crippen molar-refractivity contribution < 1.29 is 19.0 Å². The molecule has 0 unspecified atom stereocenters. The number of carbonyl (C=O) groups is 1. The summed E-state index contributed by atoms with van der Waals surface area (Å²) in [6.07, 6.45) is 1.82. The molecule has 0 aliphatic carbocycles. The summed E-state index contributed by atoms with van der Waals surface area (Å²) in [5.41, 5.74) is 0.367. The average molecular weight is 423 g/mol. The lowest BCUT2D eigenvalue weighted by Crippen LogP contribution is -2.40. The maximum atomic E-state index is 13.0. The Hall–Kier alpha value is -3.39. The normalized spacial score (nSPS) is 15.7. The summed E-state index contributed by atoms with van der Waals surface area (Å²) in [7, 11) is 1.55. The molecule has 1 aliphatic heterocycles. The van der Waals surface area contributed by atoms with E-state index >= 15 is 0 Å². The number of nitrogens with one attached hydrogen (secondary N) is 1. The summed E-state index contributed by atoms with van der Waals surface area (Å²) < 4.78 is 16.7. The van der Waals surface area contributed by atoms with E-state index in [-0.39, 0.29) is 30.7 Å². The molecule has 4 rings (SSSR count). The van der Waals surface area contributed by atoms with Crippen molar-refractivity contribution in [3.63, 3.8) is 0 Å². The third-order valence-electron chi connectivity index (χ3n) is 5.22. The van der Waals surface area contributed by atoms with Gasteiger partial charge in [0.2, 0.25) is 0 Å². The standard InChI is InChI=1S/C23H25N3O5/c1-29-19-10-4-5-11-20(19)31-15-22(27)26(13-16-7-6-12-30-16)14-21-24-18-9-3-2-8-17(18)23(28)25-21/h2-5,8-11,16H,6-7,12-15H2,1H3,(H,24,25,28)/t16-/m1/s1. The van der Waals surface area contributed by atoms with E-state index in [0.717, 1.165) is 12.8 Å². The van der Waals surface area contributed by atoms with Crippen molar-refractivity contribution in [3.05, 3.63) is 64.7 Å². The summed E-state index contributed by atoms with van der Waals surface area (Å²) in [4.78, 5) is 34.4. The topological polar surface area (TPSA) is 93.8 Å². The fourth-order valence-corrected chi connectivity index (χ4v) is 3.65. The van der Waals surface area contributed by atoms with Gasteiger partial charge < -0.3 is 24.1 Å². The molecule has 0 spiro atoms. The van der Waals surface area contributed by atoms with E-state index in [1.54, 1.807) is 42.3 Å². The molecule has 8 nitrogen and oxygen atoms in total. The van der Waals surface area contributed by atoms with Crippen LogP contribution < -0.4 is 15.0 Å². The molecule has 1 atom stereocenters. The minimum Gasteiger partial charge on any atom is -0.493 e. The molecule has 2 aromatic carbocycles. The first-order valence-corrected chi connectivity index (χ1v) is 10.3. The first-order valence-electron chi connectivity index (χ1n) is 10.3. The van der Waals surface area contributed by atoms with Crippen molar-refractivity contribution in [2.24, 2.45) is 0 Å². The number of para-hydroxylation sites is 3. The minimum absolute atomic E-state index is 0.0395. The SMILES string of the molecule is COc1ccccc1OCC(=O)N(Cc1nc2ccccc2c(=O)[nH]1)C[C@H]1CCCO1. The number of amides is 1. The predicted octanol–water partition coefficient (Wildman–Crippen LogP) is 2.52. The zero-order valence-electron chi connectivity index (χ0n) is 17.4. The number of hydrogen-bond donors (Lipinski definition) is 1. The highest BCUT2D eigenvalue weighted by Gasteiger charge is 2.24. The van der Waals surface area contributed by atoms with E-state index in [0.29, 0.717) is 41.4 Å². The molecule has 1 aromatic heterocycles. The fourth-order valence-electron chi connectivity index (χ4n) is 3.65. The number of ether oxygens (including phenoxy) is 3. The van der Waals surface area contributed by atoms with Gasteiger partial charge in [0, 0.05) is 13.2 Å². The van der Waals surface area contributed by atoms with Crippen LogP contribution in [0.3, 0.4) is 0 Å². The number of aromatic nitrogens is 2. The van der Waals surface area contributed by atoms with Crippen LogP contribution in [0.1, 0.15) is 18.7 Å². The zero-order chi connectivity index (χ0) is 21.6.